The van der Waals surface area contributed by atoms with E-state index in [9.17, 15) is 13.2 Å². The standard InChI is InChI=1S/C21H17NO3S/c1-17(18-11-5-2-6-12-18)21(23)22(19-13-7-3-8-14-19)26(24,25)20-15-9-4-10-16-20/h2-16H,1H2. The summed E-state index contributed by atoms with van der Waals surface area (Å²) in [5.74, 6) is -0.689. The van der Waals surface area contributed by atoms with Crippen molar-refractivity contribution in [1.82, 2.24) is 0 Å². The Morgan fingerprint density at radius 2 is 1.19 bits per heavy atom. The highest BCUT2D eigenvalue weighted by atomic mass is 32.2. The zero-order valence-electron chi connectivity index (χ0n) is 13.9. The fourth-order valence-corrected chi connectivity index (χ4v) is 3.95. The maximum atomic E-state index is 13.2. The van der Waals surface area contributed by atoms with E-state index in [2.05, 4.69) is 6.58 Å². The summed E-state index contributed by atoms with van der Waals surface area (Å²) in [7, 11) is -4.08. The molecule has 4 nitrogen and oxygen atoms in total. The first-order valence-electron chi connectivity index (χ1n) is 7.96. The van der Waals surface area contributed by atoms with Crippen LogP contribution in [0.15, 0.2) is 102 Å². The zero-order valence-corrected chi connectivity index (χ0v) is 14.8. The van der Waals surface area contributed by atoms with Gasteiger partial charge in [0.15, 0.2) is 0 Å². The largest absolute Gasteiger partial charge is 0.272 e. The number of nitrogens with zero attached hydrogens (tertiary/aromatic N) is 1. The minimum absolute atomic E-state index is 0.0399. The van der Waals surface area contributed by atoms with E-state index in [0.717, 1.165) is 4.31 Å². The Hall–Kier alpha value is -3.18. The molecule has 0 bridgehead atoms. The van der Waals surface area contributed by atoms with Gasteiger partial charge in [-0.2, -0.15) is 4.31 Å². The number of hydrogen-bond acceptors (Lipinski definition) is 3. The molecule has 0 N–H and O–H groups in total. The topological polar surface area (TPSA) is 54.5 Å². The summed E-state index contributed by atoms with van der Waals surface area (Å²) in [5.41, 5.74) is 0.939. The number of anilines is 1. The van der Waals surface area contributed by atoms with Crippen LogP contribution in [-0.2, 0) is 14.8 Å². The predicted octanol–water partition coefficient (Wildman–Crippen LogP) is 4.12. The molecule has 0 saturated carbocycles. The Morgan fingerprint density at radius 3 is 1.73 bits per heavy atom. The van der Waals surface area contributed by atoms with Crippen molar-refractivity contribution in [2.24, 2.45) is 0 Å². The van der Waals surface area contributed by atoms with Crippen molar-refractivity contribution >= 4 is 27.2 Å². The van der Waals surface area contributed by atoms with Gasteiger partial charge in [0, 0.05) is 5.57 Å². The molecular formula is C21H17NO3S. The van der Waals surface area contributed by atoms with Crippen molar-refractivity contribution in [3.8, 4) is 0 Å². The molecule has 0 saturated heterocycles. The number of carbonyl (C=O) groups is 1. The third kappa shape index (κ3) is 3.43. The molecule has 0 radical (unpaired) electrons. The Kier molecular flexibility index (Phi) is 5.00. The molecule has 1 amide bonds. The first-order chi connectivity index (χ1) is 12.5. The van der Waals surface area contributed by atoms with Crippen LogP contribution < -0.4 is 4.31 Å². The number of benzene rings is 3. The Bertz CT molecular complexity index is 1010. The minimum Gasteiger partial charge on any atom is -0.268 e. The van der Waals surface area contributed by atoms with E-state index in [4.69, 9.17) is 0 Å². The molecule has 0 heterocycles. The molecule has 0 fully saturated rings. The van der Waals surface area contributed by atoms with E-state index in [0.29, 0.717) is 5.56 Å². The van der Waals surface area contributed by atoms with Gasteiger partial charge in [-0.15, -0.1) is 0 Å². The lowest BCUT2D eigenvalue weighted by molar-refractivity contribution is -0.112. The lowest BCUT2D eigenvalue weighted by Crippen LogP contribution is -2.37. The van der Waals surface area contributed by atoms with E-state index >= 15 is 0 Å². The van der Waals surface area contributed by atoms with Crippen LogP contribution in [0.1, 0.15) is 5.56 Å². The van der Waals surface area contributed by atoms with Crippen LogP contribution in [0, 0.1) is 0 Å². The van der Waals surface area contributed by atoms with Gasteiger partial charge >= 0.3 is 0 Å². The number of sulfonamides is 1. The van der Waals surface area contributed by atoms with Crippen LogP contribution in [-0.4, -0.2) is 14.3 Å². The summed E-state index contributed by atoms with van der Waals surface area (Å²) in [6.45, 7) is 3.82. The number of para-hydroxylation sites is 1. The second-order valence-corrected chi connectivity index (χ2v) is 7.35. The average molecular weight is 363 g/mol. The van der Waals surface area contributed by atoms with Crippen molar-refractivity contribution in [2.45, 2.75) is 4.90 Å². The van der Waals surface area contributed by atoms with E-state index in [-0.39, 0.29) is 16.2 Å². The van der Waals surface area contributed by atoms with E-state index in [1.165, 1.54) is 12.1 Å². The van der Waals surface area contributed by atoms with Crippen molar-refractivity contribution in [1.29, 1.82) is 0 Å². The van der Waals surface area contributed by atoms with Gasteiger partial charge in [-0.3, -0.25) is 4.79 Å². The van der Waals surface area contributed by atoms with Crippen molar-refractivity contribution in [3.05, 3.63) is 103 Å². The predicted molar refractivity (Wildman–Crippen MR) is 103 cm³/mol. The molecule has 0 spiro atoms. The molecule has 0 aliphatic heterocycles. The van der Waals surface area contributed by atoms with Gasteiger partial charge in [-0.1, -0.05) is 73.3 Å². The van der Waals surface area contributed by atoms with Crippen molar-refractivity contribution in [3.63, 3.8) is 0 Å². The highest BCUT2D eigenvalue weighted by Crippen LogP contribution is 2.27. The molecule has 130 valence electrons. The lowest BCUT2D eigenvalue weighted by Gasteiger charge is -2.23. The normalized spacial score (nSPS) is 10.9. The highest BCUT2D eigenvalue weighted by Gasteiger charge is 2.32. The average Bonchev–Trinajstić information content (AvgIpc) is 2.69. The SMILES string of the molecule is C=C(C(=O)N(c1ccccc1)S(=O)(=O)c1ccccc1)c1ccccc1. The highest BCUT2D eigenvalue weighted by molar-refractivity contribution is 7.93. The van der Waals surface area contributed by atoms with Crippen molar-refractivity contribution < 1.29 is 13.2 Å². The molecule has 0 atom stereocenters. The Labute approximate surface area is 153 Å². The van der Waals surface area contributed by atoms with Gasteiger partial charge in [0.25, 0.3) is 15.9 Å². The van der Waals surface area contributed by atoms with Crippen LogP contribution in [0.2, 0.25) is 0 Å². The van der Waals surface area contributed by atoms with Crippen LogP contribution in [0.25, 0.3) is 5.57 Å². The number of hydrogen-bond donors (Lipinski definition) is 0. The van der Waals surface area contributed by atoms with Gasteiger partial charge in [-0.05, 0) is 29.8 Å². The molecule has 5 heteroatoms. The van der Waals surface area contributed by atoms with Gasteiger partial charge in [0.1, 0.15) is 0 Å². The Balaban J connectivity index is 2.11. The molecular weight excluding hydrogens is 346 g/mol. The van der Waals surface area contributed by atoms with Crippen LogP contribution >= 0.6 is 0 Å². The molecule has 3 aromatic carbocycles. The summed E-state index contributed by atoms with van der Waals surface area (Å²) in [6, 6.07) is 25.0. The summed E-state index contributed by atoms with van der Waals surface area (Å²) < 4.78 is 27.2. The summed E-state index contributed by atoms with van der Waals surface area (Å²) in [4.78, 5) is 13.2. The molecule has 3 rings (SSSR count). The maximum Gasteiger partial charge on any atom is 0.272 e. The fourth-order valence-electron chi connectivity index (χ4n) is 2.51. The van der Waals surface area contributed by atoms with E-state index < -0.39 is 15.9 Å². The molecule has 26 heavy (non-hydrogen) atoms. The molecule has 3 aromatic rings. The van der Waals surface area contributed by atoms with Gasteiger partial charge in [0.05, 0.1) is 10.6 Å². The quantitative estimate of drug-likeness (QED) is 0.641. The second kappa shape index (κ2) is 7.37. The minimum atomic E-state index is -4.08. The molecule has 0 aliphatic rings. The lowest BCUT2D eigenvalue weighted by atomic mass is 10.1. The number of rotatable bonds is 5. The van der Waals surface area contributed by atoms with E-state index in [1.807, 2.05) is 6.07 Å². The molecule has 0 aromatic heterocycles. The van der Waals surface area contributed by atoms with Crippen molar-refractivity contribution in [2.75, 3.05) is 4.31 Å². The van der Waals surface area contributed by atoms with Gasteiger partial charge < -0.3 is 0 Å². The molecule has 0 unspecified atom stereocenters. The Morgan fingerprint density at radius 1 is 0.731 bits per heavy atom. The summed E-state index contributed by atoms with van der Waals surface area (Å²) in [5, 5.41) is 0. The van der Waals surface area contributed by atoms with Gasteiger partial charge in [-0.25, -0.2) is 8.42 Å². The van der Waals surface area contributed by atoms with Crippen LogP contribution in [0.3, 0.4) is 0 Å². The first kappa shape index (κ1) is 17.6. The monoisotopic (exact) mass is 363 g/mol. The van der Waals surface area contributed by atoms with E-state index in [1.54, 1.807) is 72.8 Å². The summed E-state index contributed by atoms with van der Waals surface area (Å²) in [6.07, 6.45) is 0. The third-order valence-electron chi connectivity index (χ3n) is 3.84. The summed E-state index contributed by atoms with van der Waals surface area (Å²) >= 11 is 0. The fraction of sp³-hybridized carbons (Fsp3) is 0. The van der Waals surface area contributed by atoms with Crippen LogP contribution in [0.4, 0.5) is 5.69 Å². The maximum absolute atomic E-state index is 13.2. The molecule has 0 aliphatic carbocycles. The third-order valence-corrected chi connectivity index (χ3v) is 5.56. The zero-order chi connectivity index (χ0) is 18.6. The van der Waals surface area contributed by atoms with Crippen LogP contribution in [0.5, 0.6) is 0 Å². The number of amides is 1. The first-order valence-corrected chi connectivity index (χ1v) is 9.40. The number of carbonyl (C=O) groups excluding carboxylic acids is 1. The second-order valence-electron chi connectivity index (χ2n) is 5.57. The smallest absolute Gasteiger partial charge is 0.268 e. The van der Waals surface area contributed by atoms with Gasteiger partial charge in [0.2, 0.25) is 0 Å².